The number of nitrogens with zero attached hydrogens (tertiary/aromatic N) is 2. The van der Waals surface area contributed by atoms with Crippen LogP contribution in [0.3, 0.4) is 0 Å². The van der Waals surface area contributed by atoms with Crippen molar-refractivity contribution < 1.29 is 28.5 Å². The summed E-state index contributed by atoms with van der Waals surface area (Å²) < 4.78 is 22.6. The number of nitrogens with one attached hydrogen (secondary N) is 1. The van der Waals surface area contributed by atoms with Gasteiger partial charge in [0.25, 0.3) is 11.5 Å². The molecular weight excluding hydrogens is 522 g/mol. The van der Waals surface area contributed by atoms with E-state index < -0.39 is 17.4 Å². The molecule has 4 aromatic rings. The van der Waals surface area contributed by atoms with E-state index in [9.17, 15) is 14.4 Å². The van der Waals surface area contributed by atoms with E-state index in [0.717, 1.165) is 10.2 Å². The number of methoxy groups -OCH3 is 1. The van der Waals surface area contributed by atoms with E-state index in [0.29, 0.717) is 44.8 Å². The zero-order valence-corrected chi connectivity index (χ0v) is 22.1. The van der Waals surface area contributed by atoms with Crippen LogP contribution in [0.2, 0.25) is 0 Å². The molecule has 1 amide bonds. The van der Waals surface area contributed by atoms with Crippen molar-refractivity contribution in [1.82, 2.24) is 9.66 Å². The van der Waals surface area contributed by atoms with Crippen molar-refractivity contribution in [3.8, 4) is 11.5 Å². The van der Waals surface area contributed by atoms with Crippen molar-refractivity contribution in [2.45, 2.75) is 24.4 Å². The molecule has 1 aromatic heterocycles. The summed E-state index contributed by atoms with van der Waals surface area (Å²) in [6.07, 6.45) is 0. The molecule has 10 nitrogen and oxygen atoms in total. The van der Waals surface area contributed by atoms with Crippen molar-refractivity contribution in [3.05, 3.63) is 93.3 Å². The Morgan fingerprint density at radius 2 is 1.90 bits per heavy atom. The highest BCUT2D eigenvalue weighted by molar-refractivity contribution is 7.98. The number of para-hydroxylation sites is 1. The first kappa shape index (κ1) is 26.3. The Hall–Kier alpha value is -4.35. The van der Waals surface area contributed by atoms with Crippen molar-refractivity contribution in [2.75, 3.05) is 25.9 Å². The molecule has 0 spiro atoms. The van der Waals surface area contributed by atoms with Crippen molar-refractivity contribution >= 4 is 34.5 Å². The van der Waals surface area contributed by atoms with Crippen LogP contribution in [0, 0.1) is 0 Å². The van der Waals surface area contributed by atoms with E-state index in [4.69, 9.17) is 18.9 Å². The number of amides is 1. The maximum atomic E-state index is 13.4. The largest absolute Gasteiger partial charge is 0.497 e. The van der Waals surface area contributed by atoms with E-state index in [-0.39, 0.29) is 25.2 Å². The van der Waals surface area contributed by atoms with Gasteiger partial charge in [-0.1, -0.05) is 23.9 Å². The third kappa shape index (κ3) is 5.59. The lowest BCUT2D eigenvalue weighted by Crippen LogP contribution is -2.35. The number of carbonyl (C=O) groups is 2. The van der Waals surface area contributed by atoms with Gasteiger partial charge in [0.1, 0.15) is 11.5 Å². The summed E-state index contributed by atoms with van der Waals surface area (Å²) in [5.41, 5.74) is 4.90. The average Bonchev–Trinajstić information content (AvgIpc) is 2.97. The second kappa shape index (κ2) is 11.6. The highest BCUT2D eigenvalue weighted by Gasteiger charge is 2.22. The quantitative estimate of drug-likeness (QED) is 0.197. The summed E-state index contributed by atoms with van der Waals surface area (Å²) in [6.45, 7) is 2.36. The monoisotopic (exact) mass is 547 g/mol. The number of hydrogen-bond acceptors (Lipinski definition) is 9. The zero-order valence-electron chi connectivity index (χ0n) is 21.3. The average molecular weight is 548 g/mol. The molecule has 3 aromatic carbocycles. The Morgan fingerprint density at radius 3 is 2.67 bits per heavy atom. The predicted molar refractivity (Wildman–Crippen MR) is 145 cm³/mol. The van der Waals surface area contributed by atoms with Gasteiger partial charge in [-0.2, -0.15) is 4.68 Å². The van der Waals surface area contributed by atoms with Crippen molar-refractivity contribution in [1.29, 1.82) is 0 Å². The van der Waals surface area contributed by atoms with Gasteiger partial charge in [-0.25, -0.2) is 9.78 Å². The van der Waals surface area contributed by atoms with Gasteiger partial charge in [0.15, 0.2) is 11.9 Å². The molecule has 1 aliphatic rings. The van der Waals surface area contributed by atoms with Gasteiger partial charge in [0.2, 0.25) is 0 Å². The number of aromatic nitrogens is 2. The first-order valence-electron chi connectivity index (χ1n) is 12.1. The number of hydrogen-bond donors (Lipinski definition) is 1. The predicted octanol–water partition coefficient (Wildman–Crippen LogP) is 4.12. The van der Waals surface area contributed by atoms with Crippen LogP contribution in [0.5, 0.6) is 11.5 Å². The summed E-state index contributed by atoms with van der Waals surface area (Å²) in [7, 11) is 1.54. The van der Waals surface area contributed by atoms with Gasteiger partial charge in [0.05, 0.1) is 36.8 Å². The van der Waals surface area contributed by atoms with Crippen LogP contribution >= 0.6 is 11.8 Å². The summed E-state index contributed by atoms with van der Waals surface area (Å²) in [5, 5.41) is 0.627. The van der Waals surface area contributed by atoms with Gasteiger partial charge in [-0.3, -0.25) is 15.0 Å². The lowest BCUT2D eigenvalue weighted by atomic mass is 10.0. The fourth-order valence-corrected chi connectivity index (χ4v) is 5.02. The van der Waals surface area contributed by atoms with E-state index >= 15 is 0 Å². The number of thioether (sulfide) groups is 1. The Labute approximate surface area is 227 Å². The summed E-state index contributed by atoms with van der Waals surface area (Å²) in [6, 6.07) is 16.8. The van der Waals surface area contributed by atoms with Gasteiger partial charge < -0.3 is 18.9 Å². The summed E-state index contributed by atoms with van der Waals surface area (Å²) >= 11 is 1.22. The van der Waals surface area contributed by atoms with E-state index in [1.54, 1.807) is 67.6 Å². The maximum Gasteiger partial charge on any atom is 0.338 e. The molecule has 200 valence electrons. The van der Waals surface area contributed by atoms with Gasteiger partial charge in [-0.15, -0.1) is 0 Å². The second-order valence-electron chi connectivity index (χ2n) is 8.46. The highest BCUT2D eigenvalue weighted by Crippen LogP contribution is 2.34. The number of esters is 1. The van der Waals surface area contributed by atoms with Crippen LogP contribution < -0.4 is 20.5 Å². The third-order valence-corrected chi connectivity index (χ3v) is 6.95. The minimum atomic E-state index is -0.485. The highest BCUT2D eigenvalue weighted by atomic mass is 32.2. The van der Waals surface area contributed by atoms with Crippen molar-refractivity contribution in [3.63, 3.8) is 0 Å². The van der Waals surface area contributed by atoms with Crippen LogP contribution in [-0.4, -0.2) is 42.0 Å². The van der Waals surface area contributed by atoms with E-state index in [1.807, 2.05) is 0 Å². The Morgan fingerprint density at radius 1 is 1.10 bits per heavy atom. The first-order chi connectivity index (χ1) is 19.0. The minimum absolute atomic E-state index is 0.0836. The number of benzene rings is 3. The molecule has 1 aliphatic heterocycles. The Kier molecular flexibility index (Phi) is 7.80. The SMILES string of the molecule is CCOC(=O)c1cc2c(c(CSc3nc4ccccc4c(=O)n3NC(=O)c3ccc(OC)cc3)c1)OCOC2. The van der Waals surface area contributed by atoms with E-state index in [1.165, 1.54) is 18.9 Å². The van der Waals surface area contributed by atoms with Crippen molar-refractivity contribution in [2.24, 2.45) is 0 Å². The summed E-state index contributed by atoms with van der Waals surface area (Å²) in [5.74, 6) is 0.566. The minimum Gasteiger partial charge on any atom is -0.497 e. The number of carbonyl (C=O) groups excluding carboxylic acids is 2. The topological polar surface area (TPSA) is 118 Å². The fraction of sp³-hybridized carbons (Fsp3) is 0.214. The van der Waals surface area contributed by atoms with Crippen LogP contribution in [0.4, 0.5) is 0 Å². The maximum absolute atomic E-state index is 13.4. The summed E-state index contributed by atoms with van der Waals surface area (Å²) in [4.78, 5) is 43.6. The smallest absolute Gasteiger partial charge is 0.338 e. The number of rotatable bonds is 8. The Balaban J connectivity index is 1.50. The van der Waals surface area contributed by atoms with Gasteiger partial charge in [0, 0.05) is 22.4 Å². The van der Waals surface area contributed by atoms with Crippen LogP contribution in [-0.2, 0) is 21.8 Å². The molecule has 0 radical (unpaired) electrons. The first-order valence-corrected chi connectivity index (χ1v) is 13.1. The van der Waals surface area contributed by atoms with Gasteiger partial charge in [-0.05, 0) is 55.5 Å². The number of fused-ring (bicyclic) bond motifs is 2. The van der Waals surface area contributed by atoms with Crippen LogP contribution in [0.15, 0.2) is 70.6 Å². The Bertz CT molecular complexity index is 1600. The zero-order chi connectivity index (χ0) is 27.4. The molecule has 5 rings (SSSR count). The molecule has 0 fully saturated rings. The molecular formula is C28H25N3O7S. The third-order valence-electron chi connectivity index (χ3n) is 5.97. The van der Waals surface area contributed by atoms with Crippen LogP contribution in [0.25, 0.3) is 10.9 Å². The molecule has 39 heavy (non-hydrogen) atoms. The molecule has 0 saturated carbocycles. The molecule has 0 saturated heterocycles. The van der Waals surface area contributed by atoms with Gasteiger partial charge >= 0.3 is 5.97 Å². The number of ether oxygens (including phenoxy) is 4. The molecule has 1 N–H and O–H groups in total. The molecule has 0 atom stereocenters. The normalized spacial score (nSPS) is 12.4. The van der Waals surface area contributed by atoms with Crippen LogP contribution in [0.1, 0.15) is 38.8 Å². The lowest BCUT2D eigenvalue weighted by Gasteiger charge is -2.22. The lowest BCUT2D eigenvalue weighted by molar-refractivity contribution is -0.0169. The molecule has 2 heterocycles. The standard InChI is InChI=1S/C28H25N3O7S/c1-3-37-27(34)18-12-19-14-36-16-38-24(19)20(13-18)15-39-28-29-23-7-5-4-6-22(23)26(33)31(28)30-25(32)17-8-10-21(35-2)11-9-17/h4-13H,3,14-16H2,1-2H3,(H,30,32). The molecule has 0 unspecified atom stereocenters. The molecule has 0 bridgehead atoms. The second-order valence-corrected chi connectivity index (χ2v) is 9.41. The van der Waals surface area contributed by atoms with E-state index in [2.05, 4.69) is 10.4 Å². The molecule has 0 aliphatic carbocycles. The fourth-order valence-electron chi connectivity index (χ4n) is 4.10. The molecule has 11 heteroatoms.